The van der Waals surface area contributed by atoms with Crippen molar-refractivity contribution in [3.8, 4) is 0 Å². The van der Waals surface area contributed by atoms with Crippen LogP contribution >= 0.6 is 0 Å². The van der Waals surface area contributed by atoms with E-state index in [4.69, 9.17) is 7.85 Å². The van der Waals surface area contributed by atoms with Crippen molar-refractivity contribution in [2.45, 2.75) is 0 Å². The lowest BCUT2D eigenvalue weighted by Gasteiger charge is -1.95. The standard InChI is InChI=1S/C8H5BN2/c9-7-4-3-6-2-1-5-10-8(6)11-7/h1-5H. The Morgan fingerprint density at radius 1 is 1.18 bits per heavy atom. The summed E-state index contributed by atoms with van der Waals surface area (Å²) < 4.78 is 0. The van der Waals surface area contributed by atoms with Crippen LogP contribution in [-0.4, -0.2) is 17.8 Å². The highest BCUT2D eigenvalue weighted by molar-refractivity contribution is 6.31. The fourth-order valence-corrected chi connectivity index (χ4v) is 0.968. The van der Waals surface area contributed by atoms with Crippen molar-refractivity contribution in [3.05, 3.63) is 30.5 Å². The Bertz CT molecular complexity index is 387. The SMILES string of the molecule is [B]c1ccc2cccnc2n1. The van der Waals surface area contributed by atoms with Gasteiger partial charge in [0.1, 0.15) is 7.85 Å². The summed E-state index contributed by atoms with van der Waals surface area (Å²) in [6.07, 6.45) is 1.70. The van der Waals surface area contributed by atoms with Gasteiger partial charge < -0.3 is 0 Å². The molecule has 0 aliphatic carbocycles. The number of fused-ring (bicyclic) bond motifs is 1. The summed E-state index contributed by atoms with van der Waals surface area (Å²) in [5, 5.41) is 1.02. The summed E-state index contributed by atoms with van der Waals surface area (Å²) in [4.78, 5) is 8.09. The lowest BCUT2D eigenvalue weighted by atomic mass is 10.0. The predicted molar refractivity (Wildman–Crippen MR) is 44.9 cm³/mol. The van der Waals surface area contributed by atoms with Crippen LogP contribution in [0.15, 0.2) is 30.5 Å². The molecule has 2 radical (unpaired) electrons. The molecule has 0 aromatic carbocycles. The number of pyridine rings is 2. The Morgan fingerprint density at radius 3 is 3.00 bits per heavy atom. The summed E-state index contributed by atoms with van der Waals surface area (Å²) in [6.45, 7) is 0. The fourth-order valence-electron chi connectivity index (χ4n) is 0.968. The molecule has 2 nitrogen and oxygen atoms in total. The Hall–Kier alpha value is -1.38. The monoisotopic (exact) mass is 140 g/mol. The van der Waals surface area contributed by atoms with Gasteiger partial charge in [-0.05, 0) is 17.7 Å². The zero-order chi connectivity index (χ0) is 7.68. The molecule has 2 heterocycles. The van der Waals surface area contributed by atoms with Crippen molar-refractivity contribution < 1.29 is 0 Å². The first kappa shape index (κ1) is 6.34. The lowest BCUT2D eigenvalue weighted by molar-refractivity contribution is 1.32. The van der Waals surface area contributed by atoms with Crippen molar-refractivity contribution in [2.75, 3.05) is 0 Å². The second kappa shape index (κ2) is 2.34. The average molecular weight is 140 g/mol. The molecule has 11 heavy (non-hydrogen) atoms. The maximum absolute atomic E-state index is 5.47. The molecule has 0 spiro atoms. The Morgan fingerprint density at radius 2 is 2.09 bits per heavy atom. The first-order valence-corrected chi connectivity index (χ1v) is 3.33. The van der Waals surface area contributed by atoms with Crippen LogP contribution in [0.4, 0.5) is 0 Å². The van der Waals surface area contributed by atoms with Gasteiger partial charge in [-0.15, -0.1) is 0 Å². The molecule has 0 N–H and O–H groups in total. The molecule has 0 amide bonds. The van der Waals surface area contributed by atoms with Crippen LogP contribution in [0, 0.1) is 0 Å². The van der Waals surface area contributed by atoms with Gasteiger partial charge in [0.15, 0.2) is 5.65 Å². The van der Waals surface area contributed by atoms with Gasteiger partial charge in [0, 0.05) is 11.6 Å². The number of aromatic nitrogens is 2. The molecule has 0 saturated carbocycles. The number of hydrogen-bond acceptors (Lipinski definition) is 2. The molecule has 2 rings (SSSR count). The topological polar surface area (TPSA) is 25.8 Å². The van der Waals surface area contributed by atoms with E-state index in [-0.39, 0.29) is 0 Å². The molecule has 0 atom stereocenters. The fraction of sp³-hybridized carbons (Fsp3) is 0. The minimum absolute atomic E-state index is 0.510. The molecule has 3 heteroatoms. The second-order valence-electron chi connectivity index (χ2n) is 2.29. The van der Waals surface area contributed by atoms with Crippen LogP contribution in [0.5, 0.6) is 0 Å². The molecule has 2 aromatic heterocycles. The molecular weight excluding hydrogens is 135 g/mol. The van der Waals surface area contributed by atoms with Gasteiger partial charge in [0.25, 0.3) is 0 Å². The minimum atomic E-state index is 0.510. The van der Waals surface area contributed by atoms with E-state index in [2.05, 4.69) is 9.97 Å². The molecule has 0 unspecified atom stereocenters. The summed E-state index contributed by atoms with van der Waals surface area (Å²) in [5.41, 5.74) is 1.21. The van der Waals surface area contributed by atoms with Gasteiger partial charge in [-0.25, -0.2) is 9.97 Å². The number of hydrogen-bond donors (Lipinski definition) is 0. The van der Waals surface area contributed by atoms with Crippen LogP contribution in [-0.2, 0) is 0 Å². The quantitative estimate of drug-likeness (QED) is 0.495. The minimum Gasteiger partial charge on any atom is -0.245 e. The van der Waals surface area contributed by atoms with Gasteiger partial charge in [0.05, 0.1) is 0 Å². The van der Waals surface area contributed by atoms with E-state index >= 15 is 0 Å². The maximum Gasteiger partial charge on any atom is 0.158 e. The van der Waals surface area contributed by atoms with E-state index in [1.165, 1.54) is 0 Å². The van der Waals surface area contributed by atoms with Crippen molar-refractivity contribution in [3.63, 3.8) is 0 Å². The maximum atomic E-state index is 5.47. The van der Waals surface area contributed by atoms with Crippen LogP contribution in [0.1, 0.15) is 0 Å². The molecule has 0 bridgehead atoms. The average Bonchev–Trinajstić information content (AvgIpc) is 2.04. The van der Waals surface area contributed by atoms with Gasteiger partial charge in [-0.1, -0.05) is 12.1 Å². The van der Waals surface area contributed by atoms with E-state index in [1.807, 2.05) is 18.2 Å². The Balaban J connectivity index is 2.83. The summed E-state index contributed by atoms with van der Waals surface area (Å²) >= 11 is 0. The molecule has 0 aliphatic heterocycles. The predicted octanol–water partition coefficient (Wildman–Crippen LogP) is 0.424. The van der Waals surface area contributed by atoms with E-state index in [1.54, 1.807) is 12.3 Å². The third-order valence-corrected chi connectivity index (χ3v) is 1.49. The first-order chi connectivity index (χ1) is 5.36. The molecule has 0 aliphatic rings. The first-order valence-electron chi connectivity index (χ1n) is 3.33. The van der Waals surface area contributed by atoms with Crippen LogP contribution < -0.4 is 5.59 Å². The second-order valence-corrected chi connectivity index (χ2v) is 2.29. The molecule has 50 valence electrons. The molecular formula is C8H5BN2. The van der Waals surface area contributed by atoms with E-state index in [0.29, 0.717) is 11.2 Å². The highest BCUT2D eigenvalue weighted by Gasteiger charge is 1.92. The van der Waals surface area contributed by atoms with Gasteiger partial charge in [-0.2, -0.15) is 0 Å². The lowest BCUT2D eigenvalue weighted by Crippen LogP contribution is -2.06. The molecule has 0 fully saturated rings. The molecule has 0 saturated heterocycles. The van der Waals surface area contributed by atoms with Crippen molar-refractivity contribution >= 4 is 24.5 Å². The summed E-state index contributed by atoms with van der Waals surface area (Å²) in [6, 6.07) is 7.50. The van der Waals surface area contributed by atoms with Gasteiger partial charge in [-0.3, -0.25) is 0 Å². The summed E-state index contributed by atoms with van der Waals surface area (Å²) in [5.74, 6) is 0. The van der Waals surface area contributed by atoms with Crippen LogP contribution in [0.3, 0.4) is 0 Å². The van der Waals surface area contributed by atoms with E-state index in [9.17, 15) is 0 Å². The number of nitrogens with zero attached hydrogens (tertiary/aromatic N) is 2. The highest BCUT2D eigenvalue weighted by Crippen LogP contribution is 2.03. The Kier molecular flexibility index (Phi) is 1.35. The highest BCUT2D eigenvalue weighted by atomic mass is 14.8. The third kappa shape index (κ3) is 1.09. The van der Waals surface area contributed by atoms with Crippen LogP contribution in [0.25, 0.3) is 11.0 Å². The van der Waals surface area contributed by atoms with Crippen LogP contribution in [0.2, 0.25) is 0 Å². The van der Waals surface area contributed by atoms with Crippen molar-refractivity contribution in [1.82, 2.24) is 9.97 Å². The molecule has 2 aromatic rings. The van der Waals surface area contributed by atoms with Crippen molar-refractivity contribution in [1.29, 1.82) is 0 Å². The Labute approximate surface area is 65.7 Å². The van der Waals surface area contributed by atoms with E-state index in [0.717, 1.165) is 5.39 Å². The smallest absolute Gasteiger partial charge is 0.158 e. The normalized spacial score (nSPS) is 10.2. The van der Waals surface area contributed by atoms with Gasteiger partial charge >= 0.3 is 0 Å². The van der Waals surface area contributed by atoms with E-state index < -0.39 is 0 Å². The zero-order valence-corrected chi connectivity index (χ0v) is 5.86. The number of rotatable bonds is 0. The van der Waals surface area contributed by atoms with Crippen molar-refractivity contribution in [2.24, 2.45) is 0 Å². The zero-order valence-electron chi connectivity index (χ0n) is 5.86. The largest absolute Gasteiger partial charge is 0.245 e. The summed E-state index contributed by atoms with van der Waals surface area (Å²) in [7, 11) is 5.47. The third-order valence-electron chi connectivity index (χ3n) is 1.49. The van der Waals surface area contributed by atoms with Gasteiger partial charge in [0.2, 0.25) is 0 Å².